The van der Waals surface area contributed by atoms with Crippen molar-refractivity contribution in [1.29, 1.82) is 0 Å². The molecule has 0 aliphatic rings. The number of hydrogen-bond acceptors (Lipinski definition) is 2. The van der Waals surface area contributed by atoms with Gasteiger partial charge in [0.05, 0.1) is 11.6 Å². The van der Waals surface area contributed by atoms with Crippen LogP contribution in [0.15, 0.2) is 6.20 Å². The molecule has 0 radical (unpaired) electrons. The van der Waals surface area contributed by atoms with Crippen molar-refractivity contribution in [2.45, 2.75) is 26.2 Å². The van der Waals surface area contributed by atoms with E-state index in [9.17, 15) is 4.79 Å². The van der Waals surface area contributed by atoms with Gasteiger partial charge in [0.25, 0.3) is 0 Å². The van der Waals surface area contributed by atoms with Crippen LogP contribution in [-0.2, 0) is 17.3 Å². The van der Waals surface area contributed by atoms with Crippen molar-refractivity contribution in [3.63, 3.8) is 0 Å². The number of aliphatic carboxylic acids is 1. The predicted molar refractivity (Wildman–Crippen MR) is 48.6 cm³/mol. The first kappa shape index (κ1) is 9.77. The number of carboxylic acids is 1. The van der Waals surface area contributed by atoms with Crippen LogP contribution in [-0.4, -0.2) is 20.9 Å². The Morgan fingerprint density at radius 3 is 2.46 bits per heavy atom. The number of carbonyl (C=O) groups is 1. The summed E-state index contributed by atoms with van der Waals surface area (Å²) in [5.41, 5.74) is 0.799. The third kappa shape index (κ3) is 1.43. The van der Waals surface area contributed by atoms with E-state index in [4.69, 9.17) is 5.11 Å². The summed E-state index contributed by atoms with van der Waals surface area (Å²) in [7, 11) is 1.80. The van der Waals surface area contributed by atoms with Crippen molar-refractivity contribution in [2.24, 2.45) is 7.05 Å². The molecule has 1 aromatic heterocycles. The Labute approximate surface area is 77.2 Å². The molecule has 0 aliphatic heterocycles. The highest BCUT2D eigenvalue weighted by Crippen LogP contribution is 2.25. The van der Waals surface area contributed by atoms with E-state index < -0.39 is 11.4 Å². The molecule has 0 aromatic carbocycles. The summed E-state index contributed by atoms with van der Waals surface area (Å²) in [6.45, 7) is 5.23. The maximum absolute atomic E-state index is 10.9. The van der Waals surface area contributed by atoms with Gasteiger partial charge in [-0.25, -0.2) is 0 Å². The Morgan fingerprint density at radius 1 is 1.62 bits per heavy atom. The van der Waals surface area contributed by atoms with Gasteiger partial charge in [0.2, 0.25) is 0 Å². The predicted octanol–water partition coefficient (Wildman–Crippen LogP) is 1.09. The molecule has 0 amide bonds. The fraction of sp³-hybridized carbons (Fsp3) is 0.556. The maximum atomic E-state index is 10.9. The van der Waals surface area contributed by atoms with Crippen LogP contribution in [0, 0.1) is 6.92 Å². The zero-order chi connectivity index (χ0) is 10.2. The van der Waals surface area contributed by atoms with E-state index in [-0.39, 0.29) is 0 Å². The largest absolute Gasteiger partial charge is 0.481 e. The third-order valence-electron chi connectivity index (χ3n) is 2.44. The number of aryl methyl sites for hydroxylation is 1. The van der Waals surface area contributed by atoms with Gasteiger partial charge in [0.1, 0.15) is 0 Å². The Bertz CT molecular complexity index is 339. The Kier molecular flexibility index (Phi) is 2.15. The van der Waals surface area contributed by atoms with Crippen LogP contribution < -0.4 is 0 Å². The van der Waals surface area contributed by atoms with Crippen LogP contribution in [0.2, 0.25) is 0 Å². The number of hydrogen-bond donors (Lipinski definition) is 1. The molecule has 0 atom stereocenters. The van der Waals surface area contributed by atoms with Crippen LogP contribution in [0.25, 0.3) is 0 Å². The van der Waals surface area contributed by atoms with Gasteiger partial charge in [-0.3, -0.25) is 9.48 Å². The lowest BCUT2D eigenvalue weighted by Gasteiger charge is -2.18. The van der Waals surface area contributed by atoms with Crippen molar-refractivity contribution >= 4 is 5.97 Å². The highest BCUT2D eigenvalue weighted by molar-refractivity contribution is 5.80. The molecule has 4 nitrogen and oxygen atoms in total. The van der Waals surface area contributed by atoms with Crippen molar-refractivity contribution < 1.29 is 9.90 Å². The number of aromatic nitrogens is 2. The Hall–Kier alpha value is -1.32. The van der Waals surface area contributed by atoms with Crippen LogP contribution in [0.4, 0.5) is 0 Å². The molecule has 1 N–H and O–H groups in total. The van der Waals surface area contributed by atoms with Gasteiger partial charge < -0.3 is 5.11 Å². The summed E-state index contributed by atoms with van der Waals surface area (Å²) in [5, 5.41) is 13.0. The molecule has 0 fully saturated rings. The molecule has 0 spiro atoms. The first-order valence-electron chi connectivity index (χ1n) is 4.10. The monoisotopic (exact) mass is 182 g/mol. The second-order valence-electron chi connectivity index (χ2n) is 3.70. The summed E-state index contributed by atoms with van der Waals surface area (Å²) in [4.78, 5) is 10.9. The lowest BCUT2D eigenvalue weighted by atomic mass is 9.85. The highest BCUT2D eigenvalue weighted by atomic mass is 16.4. The summed E-state index contributed by atoms with van der Waals surface area (Å²) >= 11 is 0. The van der Waals surface area contributed by atoms with Crippen LogP contribution in [0.1, 0.15) is 25.1 Å². The summed E-state index contributed by atoms with van der Waals surface area (Å²) < 4.78 is 1.68. The molecule has 0 bridgehead atoms. The quantitative estimate of drug-likeness (QED) is 0.744. The second kappa shape index (κ2) is 2.87. The van der Waals surface area contributed by atoms with Crippen LogP contribution >= 0.6 is 0 Å². The molecule has 13 heavy (non-hydrogen) atoms. The number of nitrogens with zero attached hydrogens (tertiary/aromatic N) is 2. The van der Waals surface area contributed by atoms with E-state index in [2.05, 4.69) is 5.10 Å². The van der Waals surface area contributed by atoms with E-state index in [1.165, 1.54) is 0 Å². The first-order chi connectivity index (χ1) is 5.87. The van der Waals surface area contributed by atoms with Crippen LogP contribution in [0.3, 0.4) is 0 Å². The highest BCUT2D eigenvalue weighted by Gasteiger charge is 2.32. The number of carboxylic acid groups (broad SMARTS) is 1. The van der Waals surface area contributed by atoms with Crippen LogP contribution in [0.5, 0.6) is 0 Å². The van der Waals surface area contributed by atoms with E-state index in [1.807, 2.05) is 6.92 Å². The van der Waals surface area contributed by atoms with E-state index in [0.717, 1.165) is 11.3 Å². The fourth-order valence-corrected chi connectivity index (χ4v) is 1.23. The summed E-state index contributed by atoms with van der Waals surface area (Å²) in [6.07, 6.45) is 1.61. The lowest BCUT2D eigenvalue weighted by molar-refractivity contribution is -0.142. The first-order valence-corrected chi connectivity index (χ1v) is 4.10. The van der Waals surface area contributed by atoms with Crippen molar-refractivity contribution in [3.8, 4) is 0 Å². The molecule has 0 unspecified atom stereocenters. The molecular weight excluding hydrogens is 168 g/mol. The second-order valence-corrected chi connectivity index (χ2v) is 3.70. The van der Waals surface area contributed by atoms with Crippen molar-refractivity contribution in [2.75, 3.05) is 0 Å². The average molecular weight is 182 g/mol. The molecular formula is C9H14N2O2. The number of rotatable bonds is 2. The molecule has 0 saturated heterocycles. The van der Waals surface area contributed by atoms with E-state index in [0.29, 0.717) is 0 Å². The SMILES string of the molecule is Cc1c(C(C)(C)C(=O)O)cnn1C. The molecule has 1 heterocycles. The van der Waals surface area contributed by atoms with Gasteiger partial charge in [0, 0.05) is 18.3 Å². The molecule has 0 saturated carbocycles. The lowest BCUT2D eigenvalue weighted by Crippen LogP contribution is -2.29. The van der Waals surface area contributed by atoms with Gasteiger partial charge in [-0.05, 0) is 20.8 Å². The van der Waals surface area contributed by atoms with Gasteiger partial charge in [-0.15, -0.1) is 0 Å². The summed E-state index contributed by atoms with van der Waals surface area (Å²) in [5.74, 6) is -0.830. The van der Waals surface area contributed by atoms with Gasteiger partial charge in [-0.1, -0.05) is 0 Å². The van der Waals surface area contributed by atoms with Crippen molar-refractivity contribution in [3.05, 3.63) is 17.5 Å². The smallest absolute Gasteiger partial charge is 0.313 e. The van der Waals surface area contributed by atoms with Gasteiger partial charge in [-0.2, -0.15) is 5.10 Å². The zero-order valence-electron chi connectivity index (χ0n) is 8.33. The minimum absolute atomic E-state index is 0.766. The Morgan fingerprint density at radius 2 is 2.15 bits per heavy atom. The van der Waals surface area contributed by atoms with E-state index in [1.54, 1.807) is 31.8 Å². The fourth-order valence-electron chi connectivity index (χ4n) is 1.23. The van der Waals surface area contributed by atoms with Crippen molar-refractivity contribution in [1.82, 2.24) is 9.78 Å². The topological polar surface area (TPSA) is 55.1 Å². The average Bonchev–Trinajstić information content (AvgIpc) is 2.33. The van der Waals surface area contributed by atoms with Gasteiger partial charge >= 0.3 is 5.97 Å². The summed E-state index contributed by atoms with van der Waals surface area (Å²) in [6, 6.07) is 0. The minimum atomic E-state index is -0.863. The molecule has 1 aromatic rings. The standard InChI is InChI=1S/C9H14N2O2/c1-6-7(5-10-11(6)4)9(2,3)8(12)13/h5H,1-4H3,(H,12,13). The minimum Gasteiger partial charge on any atom is -0.481 e. The molecule has 1 rings (SSSR count). The third-order valence-corrected chi connectivity index (χ3v) is 2.44. The molecule has 72 valence electrons. The van der Waals surface area contributed by atoms with E-state index >= 15 is 0 Å². The zero-order valence-corrected chi connectivity index (χ0v) is 8.33. The molecule has 0 aliphatic carbocycles. The van der Waals surface area contributed by atoms with Gasteiger partial charge in [0.15, 0.2) is 0 Å². The normalized spacial score (nSPS) is 11.7. The maximum Gasteiger partial charge on any atom is 0.313 e. The Balaban J connectivity index is 3.22. The molecule has 4 heteroatoms.